The fourth-order valence-electron chi connectivity index (χ4n) is 1.66. The van der Waals surface area contributed by atoms with Crippen LogP contribution in [-0.2, 0) is 4.74 Å². The van der Waals surface area contributed by atoms with E-state index in [4.69, 9.17) is 14.7 Å². The summed E-state index contributed by atoms with van der Waals surface area (Å²) in [6, 6.07) is 9.04. The Morgan fingerprint density at radius 1 is 1.29 bits per heavy atom. The van der Waals surface area contributed by atoms with Gasteiger partial charge in [-0.1, -0.05) is 26.0 Å². The summed E-state index contributed by atoms with van der Waals surface area (Å²) < 4.78 is 10.9. The van der Waals surface area contributed by atoms with Gasteiger partial charge in [0.05, 0.1) is 12.2 Å². The second-order valence-electron chi connectivity index (χ2n) is 5.25. The molecule has 1 unspecified atom stereocenters. The number of benzene rings is 1. The predicted molar refractivity (Wildman–Crippen MR) is 81.2 cm³/mol. The lowest BCUT2D eigenvalue weighted by molar-refractivity contribution is 0.0924. The van der Waals surface area contributed by atoms with Crippen LogP contribution in [0, 0.1) is 17.2 Å². The summed E-state index contributed by atoms with van der Waals surface area (Å²) in [6.45, 7) is 6.86. The van der Waals surface area contributed by atoms with Crippen molar-refractivity contribution in [1.29, 1.82) is 5.26 Å². The average Bonchev–Trinajstić information content (AvgIpc) is 2.48. The summed E-state index contributed by atoms with van der Waals surface area (Å²) in [5.41, 5.74) is 0.472. The molecule has 0 heterocycles. The molecule has 0 fully saturated rings. The summed E-state index contributed by atoms with van der Waals surface area (Å²) >= 11 is 0. The average molecular weight is 292 g/mol. The molecule has 21 heavy (non-hydrogen) atoms. The first kappa shape index (κ1) is 17.4. The minimum atomic E-state index is -0.623. The van der Waals surface area contributed by atoms with Crippen LogP contribution in [0.4, 0.5) is 0 Å². The fraction of sp³-hybridized carbons (Fsp3) is 0.562. The smallest absolute Gasteiger partial charge is 0.137 e. The maximum atomic E-state index is 9.81. The van der Waals surface area contributed by atoms with Crippen molar-refractivity contribution in [3.63, 3.8) is 0 Å². The van der Waals surface area contributed by atoms with E-state index in [9.17, 15) is 5.11 Å². The summed E-state index contributed by atoms with van der Waals surface area (Å²) in [5, 5.41) is 21.8. The molecule has 5 heteroatoms. The van der Waals surface area contributed by atoms with E-state index in [-0.39, 0.29) is 6.61 Å². The van der Waals surface area contributed by atoms with Crippen LogP contribution in [0.2, 0.25) is 0 Å². The molecule has 116 valence electrons. The lowest BCUT2D eigenvalue weighted by atomic mass is 10.2. The van der Waals surface area contributed by atoms with Gasteiger partial charge in [-0.05, 0) is 18.1 Å². The molecular formula is C16H24N2O3. The minimum absolute atomic E-state index is 0.151. The summed E-state index contributed by atoms with van der Waals surface area (Å²) in [5.74, 6) is 1.03. The molecule has 0 aliphatic rings. The number of para-hydroxylation sites is 1. The van der Waals surface area contributed by atoms with Gasteiger partial charge in [0.25, 0.3) is 0 Å². The third-order valence-corrected chi connectivity index (χ3v) is 2.69. The van der Waals surface area contributed by atoms with Crippen molar-refractivity contribution < 1.29 is 14.6 Å². The van der Waals surface area contributed by atoms with Gasteiger partial charge in [0.15, 0.2) is 0 Å². The van der Waals surface area contributed by atoms with Crippen LogP contribution in [0.1, 0.15) is 19.4 Å². The zero-order chi connectivity index (χ0) is 15.5. The molecule has 0 aromatic heterocycles. The number of aliphatic hydroxyl groups excluding tert-OH is 1. The molecule has 2 N–H and O–H groups in total. The summed E-state index contributed by atoms with van der Waals surface area (Å²) in [7, 11) is 0. The number of nitriles is 1. The lowest BCUT2D eigenvalue weighted by Crippen LogP contribution is -2.33. The van der Waals surface area contributed by atoms with Gasteiger partial charge < -0.3 is 19.9 Å². The fourth-order valence-corrected chi connectivity index (χ4v) is 1.66. The molecule has 0 spiro atoms. The van der Waals surface area contributed by atoms with E-state index in [1.807, 2.05) is 0 Å². The number of ether oxygens (including phenoxy) is 2. The zero-order valence-corrected chi connectivity index (χ0v) is 12.7. The topological polar surface area (TPSA) is 74.5 Å². The SMILES string of the molecule is CC(C)COCCNCC(O)COc1ccccc1C#N. The highest BCUT2D eigenvalue weighted by atomic mass is 16.5. The number of rotatable bonds is 10. The Kier molecular flexibility index (Phi) is 8.44. The molecule has 5 nitrogen and oxygen atoms in total. The Hall–Kier alpha value is -1.61. The number of aliphatic hydroxyl groups is 1. The van der Waals surface area contributed by atoms with Gasteiger partial charge in [-0.15, -0.1) is 0 Å². The molecule has 0 bridgehead atoms. The van der Waals surface area contributed by atoms with Gasteiger partial charge in [-0.2, -0.15) is 5.26 Å². The Morgan fingerprint density at radius 2 is 2.05 bits per heavy atom. The lowest BCUT2D eigenvalue weighted by Gasteiger charge is -2.14. The zero-order valence-electron chi connectivity index (χ0n) is 12.7. The Bertz CT molecular complexity index is 443. The maximum absolute atomic E-state index is 9.81. The van der Waals surface area contributed by atoms with Gasteiger partial charge in [0.1, 0.15) is 24.5 Å². The predicted octanol–water partition coefficient (Wildman–Crippen LogP) is 1.56. The van der Waals surface area contributed by atoms with E-state index in [2.05, 4.69) is 25.2 Å². The number of nitrogens with one attached hydrogen (secondary N) is 1. The highest BCUT2D eigenvalue weighted by molar-refractivity contribution is 5.42. The summed E-state index contributed by atoms with van der Waals surface area (Å²) in [6.07, 6.45) is -0.623. The Balaban J connectivity index is 2.14. The van der Waals surface area contributed by atoms with Crippen LogP contribution >= 0.6 is 0 Å². The normalized spacial score (nSPS) is 12.1. The molecule has 1 aromatic rings. The number of hydrogen-bond donors (Lipinski definition) is 2. The van der Waals surface area contributed by atoms with Gasteiger partial charge in [0, 0.05) is 19.7 Å². The van der Waals surface area contributed by atoms with Crippen LogP contribution < -0.4 is 10.1 Å². The standard InChI is InChI=1S/C16H24N2O3/c1-13(2)11-20-8-7-18-10-15(19)12-21-16-6-4-3-5-14(16)9-17/h3-6,13,15,18-19H,7-8,10-12H2,1-2H3. The molecule has 1 aromatic carbocycles. The van der Waals surface area contributed by atoms with Crippen molar-refractivity contribution in [1.82, 2.24) is 5.32 Å². The van der Waals surface area contributed by atoms with E-state index in [1.165, 1.54) is 0 Å². The second kappa shape index (κ2) is 10.2. The van der Waals surface area contributed by atoms with E-state index < -0.39 is 6.10 Å². The molecular weight excluding hydrogens is 268 g/mol. The van der Waals surface area contributed by atoms with Crippen molar-refractivity contribution in [2.24, 2.45) is 5.92 Å². The van der Waals surface area contributed by atoms with Crippen molar-refractivity contribution in [3.8, 4) is 11.8 Å². The Labute approximate surface area is 126 Å². The highest BCUT2D eigenvalue weighted by Crippen LogP contribution is 2.16. The van der Waals surface area contributed by atoms with Crippen LogP contribution in [0.25, 0.3) is 0 Å². The molecule has 1 atom stereocenters. The maximum Gasteiger partial charge on any atom is 0.137 e. The van der Waals surface area contributed by atoms with E-state index in [0.717, 1.165) is 6.61 Å². The minimum Gasteiger partial charge on any atom is -0.489 e. The molecule has 0 aliphatic carbocycles. The molecule has 0 aliphatic heterocycles. The van der Waals surface area contributed by atoms with E-state index in [1.54, 1.807) is 24.3 Å². The molecule has 1 rings (SSSR count). The first-order valence-electron chi connectivity index (χ1n) is 7.22. The number of nitrogens with zero attached hydrogens (tertiary/aromatic N) is 1. The van der Waals surface area contributed by atoms with Crippen molar-refractivity contribution >= 4 is 0 Å². The van der Waals surface area contributed by atoms with Crippen molar-refractivity contribution in [2.75, 3.05) is 32.9 Å². The van der Waals surface area contributed by atoms with Gasteiger partial charge >= 0.3 is 0 Å². The highest BCUT2D eigenvalue weighted by Gasteiger charge is 2.07. The molecule has 0 saturated carbocycles. The van der Waals surface area contributed by atoms with Gasteiger partial charge in [-0.3, -0.25) is 0 Å². The second-order valence-corrected chi connectivity index (χ2v) is 5.25. The third-order valence-electron chi connectivity index (χ3n) is 2.69. The van der Waals surface area contributed by atoms with Crippen LogP contribution in [0.3, 0.4) is 0 Å². The van der Waals surface area contributed by atoms with E-state index >= 15 is 0 Å². The van der Waals surface area contributed by atoms with Crippen molar-refractivity contribution in [2.45, 2.75) is 20.0 Å². The largest absolute Gasteiger partial charge is 0.489 e. The summed E-state index contributed by atoms with van der Waals surface area (Å²) in [4.78, 5) is 0. The Morgan fingerprint density at radius 3 is 2.76 bits per heavy atom. The molecule has 0 radical (unpaired) electrons. The first-order valence-corrected chi connectivity index (χ1v) is 7.22. The van der Waals surface area contributed by atoms with E-state index in [0.29, 0.717) is 36.9 Å². The van der Waals surface area contributed by atoms with Crippen molar-refractivity contribution in [3.05, 3.63) is 29.8 Å². The quantitative estimate of drug-likeness (QED) is 0.640. The number of hydrogen-bond acceptors (Lipinski definition) is 5. The van der Waals surface area contributed by atoms with Crippen LogP contribution in [0.5, 0.6) is 5.75 Å². The van der Waals surface area contributed by atoms with Gasteiger partial charge in [0.2, 0.25) is 0 Å². The molecule has 0 amide bonds. The van der Waals surface area contributed by atoms with Crippen LogP contribution in [-0.4, -0.2) is 44.1 Å². The monoisotopic (exact) mass is 292 g/mol. The molecule has 0 saturated heterocycles. The van der Waals surface area contributed by atoms with Crippen LogP contribution in [0.15, 0.2) is 24.3 Å². The third kappa shape index (κ3) is 7.66. The first-order chi connectivity index (χ1) is 10.1. The van der Waals surface area contributed by atoms with Gasteiger partial charge in [-0.25, -0.2) is 0 Å².